The molecule has 1 amide bonds. The molecule has 0 saturated heterocycles. The van der Waals surface area contributed by atoms with Crippen LogP contribution in [0, 0.1) is 0 Å². The number of aromatic nitrogens is 1. The van der Waals surface area contributed by atoms with Gasteiger partial charge in [0.05, 0.1) is 10.2 Å². The summed E-state index contributed by atoms with van der Waals surface area (Å²) < 4.78 is 6.92. The van der Waals surface area contributed by atoms with Gasteiger partial charge < -0.3 is 9.73 Å². The molecule has 0 spiro atoms. The molecule has 0 aliphatic heterocycles. The van der Waals surface area contributed by atoms with Gasteiger partial charge in [-0.2, -0.15) is 0 Å². The van der Waals surface area contributed by atoms with Crippen LogP contribution in [0.3, 0.4) is 0 Å². The van der Waals surface area contributed by atoms with Gasteiger partial charge in [0.2, 0.25) is 5.91 Å². The van der Waals surface area contributed by atoms with Gasteiger partial charge in [-0.3, -0.25) is 4.79 Å². The second-order valence-electron chi connectivity index (χ2n) is 7.25. The standard InChI is InChI=1S/C26H16Cl2N2O2S/c27-18-12-17(13-19(28)15-18)23-10-8-21(32-23)9-11-25(31)29-20-5-3-4-16(14-20)26-30-22-6-1-2-7-24(22)33-26/h1-15H,(H,29,31)/b11-9+. The molecule has 4 nitrogen and oxygen atoms in total. The van der Waals surface area contributed by atoms with E-state index in [9.17, 15) is 4.79 Å². The van der Waals surface area contributed by atoms with Crippen molar-refractivity contribution in [2.24, 2.45) is 0 Å². The van der Waals surface area contributed by atoms with Crippen molar-refractivity contribution in [3.63, 3.8) is 0 Å². The summed E-state index contributed by atoms with van der Waals surface area (Å²) >= 11 is 13.7. The minimum absolute atomic E-state index is 0.264. The molecule has 33 heavy (non-hydrogen) atoms. The summed E-state index contributed by atoms with van der Waals surface area (Å²) in [5.74, 6) is 0.891. The lowest BCUT2D eigenvalue weighted by molar-refractivity contribution is -0.111. The number of hydrogen-bond donors (Lipinski definition) is 1. The number of rotatable bonds is 5. The van der Waals surface area contributed by atoms with E-state index < -0.39 is 0 Å². The molecule has 2 aromatic heterocycles. The monoisotopic (exact) mass is 490 g/mol. The number of nitrogens with zero attached hydrogens (tertiary/aromatic N) is 1. The number of benzene rings is 3. The number of anilines is 1. The first kappa shape index (κ1) is 21.5. The number of fused-ring (bicyclic) bond motifs is 1. The van der Waals surface area contributed by atoms with Crippen LogP contribution in [0.15, 0.2) is 89.4 Å². The summed E-state index contributed by atoms with van der Waals surface area (Å²) in [4.78, 5) is 17.1. The minimum atomic E-state index is -0.264. The van der Waals surface area contributed by atoms with Crippen molar-refractivity contribution < 1.29 is 9.21 Å². The highest BCUT2D eigenvalue weighted by molar-refractivity contribution is 7.21. The van der Waals surface area contributed by atoms with Crippen LogP contribution >= 0.6 is 34.5 Å². The Kier molecular flexibility index (Phi) is 6.01. The van der Waals surface area contributed by atoms with Gasteiger partial charge >= 0.3 is 0 Å². The van der Waals surface area contributed by atoms with Gasteiger partial charge in [-0.15, -0.1) is 11.3 Å². The van der Waals surface area contributed by atoms with E-state index in [0.717, 1.165) is 26.4 Å². The highest BCUT2D eigenvalue weighted by Gasteiger charge is 2.08. The van der Waals surface area contributed by atoms with Crippen LogP contribution in [0.2, 0.25) is 10.0 Å². The number of para-hydroxylation sites is 1. The maximum Gasteiger partial charge on any atom is 0.248 e. The Bertz CT molecular complexity index is 1450. The van der Waals surface area contributed by atoms with Crippen LogP contribution in [0.25, 0.3) is 38.2 Å². The molecule has 0 unspecified atom stereocenters. The molecule has 0 radical (unpaired) electrons. The van der Waals surface area contributed by atoms with Gasteiger partial charge in [0.15, 0.2) is 0 Å². The van der Waals surface area contributed by atoms with E-state index in [-0.39, 0.29) is 5.91 Å². The van der Waals surface area contributed by atoms with Gasteiger partial charge in [-0.25, -0.2) is 4.98 Å². The fourth-order valence-electron chi connectivity index (χ4n) is 3.36. The summed E-state index contributed by atoms with van der Waals surface area (Å²) in [6.45, 7) is 0. The van der Waals surface area contributed by atoms with Crippen molar-refractivity contribution in [2.75, 3.05) is 5.32 Å². The molecular weight excluding hydrogens is 475 g/mol. The van der Waals surface area contributed by atoms with Crippen LogP contribution in [0.5, 0.6) is 0 Å². The Hall–Kier alpha value is -3.38. The number of furan rings is 1. The molecule has 5 rings (SSSR count). The van der Waals surface area contributed by atoms with Gasteiger partial charge in [-0.1, -0.05) is 47.5 Å². The third kappa shape index (κ3) is 5.01. The Morgan fingerprint density at radius 3 is 2.55 bits per heavy atom. The summed E-state index contributed by atoms with van der Waals surface area (Å²) in [5, 5.41) is 4.85. The second-order valence-corrected chi connectivity index (χ2v) is 9.15. The van der Waals surface area contributed by atoms with Crippen LogP contribution in [0.4, 0.5) is 5.69 Å². The van der Waals surface area contributed by atoms with E-state index in [0.29, 0.717) is 27.3 Å². The Labute approximate surface area is 204 Å². The fourth-order valence-corrected chi connectivity index (χ4v) is 4.85. The number of thiazole rings is 1. The zero-order valence-electron chi connectivity index (χ0n) is 17.1. The van der Waals surface area contributed by atoms with Gasteiger partial charge in [0.1, 0.15) is 16.5 Å². The van der Waals surface area contributed by atoms with Gasteiger partial charge in [0.25, 0.3) is 0 Å². The molecule has 7 heteroatoms. The fraction of sp³-hybridized carbons (Fsp3) is 0. The van der Waals surface area contributed by atoms with Crippen molar-refractivity contribution >= 4 is 62.4 Å². The average Bonchev–Trinajstić information content (AvgIpc) is 3.44. The normalized spacial score (nSPS) is 11.3. The van der Waals surface area contributed by atoms with E-state index in [4.69, 9.17) is 27.6 Å². The third-order valence-electron chi connectivity index (χ3n) is 4.84. The lowest BCUT2D eigenvalue weighted by Gasteiger charge is -2.04. The summed E-state index contributed by atoms with van der Waals surface area (Å²) in [6.07, 6.45) is 3.04. The third-order valence-corrected chi connectivity index (χ3v) is 6.37. The van der Waals surface area contributed by atoms with E-state index in [1.807, 2.05) is 48.5 Å². The first-order valence-electron chi connectivity index (χ1n) is 10.0. The smallest absolute Gasteiger partial charge is 0.248 e. The molecule has 0 saturated carbocycles. The topological polar surface area (TPSA) is 55.1 Å². The maximum atomic E-state index is 12.5. The Morgan fingerprint density at radius 1 is 0.909 bits per heavy atom. The molecule has 5 aromatic rings. The SMILES string of the molecule is O=C(/C=C/c1ccc(-c2cc(Cl)cc(Cl)c2)o1)Nc1cccc(-c2nc3ccccc3s2)c1. The van der Waals surface area contributed by atoms with Crippen molar-refractivity contribution in [3.05, 3.63) is 101 Å². The quantitative estimate of drug-likeness (QED) is 0.252. The summed E-state index contributed by atoms with van der Waals surface area (Å²) in [6, 6.07) is 24.4. The predicted molar refractivity (Wildman–Crippen MR) is 137 cm³/mol. The molecule has 3 aromatic carbocycles. The van der Waals surface area contributed by atoms with E-state index in [2.05, 4.69) is 10.3 Å². The highest BCUT2D eigenvalue weighted by Crippen LogP contribution is 2.31. The lowest BCUT2D eigenvalue weighted by Crippen LogP contribution is -2.07. The molecule has 2 heterocycles. The predicted octanol–water partition coefficient (Wildman–Crippen LogP) is 8.18. The molecule has 0 fully saturated rings. The first-order chi connectivity index (χ1) is 16.0. The van der Waals surface area contributed by atoms with E-state index >= 15 is 0 Å². The van der Waals surface area contributed by atoms with Crippen LogP contribution in [0.1, 0.15) is 5.76 Å². The van der Waals surface area contributed by atoms with Crippen molar-refractivity contribution in [3.8, 4) is 21.9 Å². The first-order valence-corrected chi connectivity index (χ1v) is 11.6. The number of carbonyl (C=O) groups is 1. The number of carbonyl (C=O) groups excluding carboxylic acids is 1. The molecule has 162 valence electrons. The zero-order chi connectivity index (χ0) is 22.8. The van der Waals surface area contributed by atoms with Crippen molar-refractivity contribution in [2.45, 2.75) is 0 Å². The van der Waals surface area contributed by atoms with Crippen LogP contribution in [-0.2, 0) is 4.79 Å². The van der Waals surface area contributed by atoms with Gasteiger partial charge in [0, 0.05) is 32.9 Å². The second kappa shape index (κ2) is 9.24. The highest BCUT2D eigenvalue weighted by atomic mass is 35.5. The van der Waals surface area contributed by atoms with Crippen molar-refractivity contribution in [1.29, 1.82) is 0 Å². The molecule has 0 aliphatic rings. The molecule has 0 aliphatic carbocycles. The average molecular weight is 491 g/mol. The van der Waals surface area contributed by atoms with Gasteiger partial charge in [-0.05, 0) is 60.7 Å². The Balaban J connectivity index is 1.28. The number of amides is 1. The molecule has 1 N–H and O–H groups in total. The van der Waals surface area contributed by atoms with Crippen LogP contribution in [-0.4, -0.2) is 10.9 Å². The number of hydrogen-bond acceptors (Lipinski definition) is 4. The van der Waals surface area contributed by atoms with E-state index in [1.165, 1.54) is 6.08 Å². The lowest BCUT2D eigenvalue weighted by atomic mass is 10.2. The summed E-state index contributed by atoms with van der Waals surface area (Å²) in [7, 11) is 0. The maximum absolute atomic E-state index is 12.5. The number of nitrogens with one attached hydrogen (secondary N) is 1. The molecule has 0 bridgehead atoms. The van der Waals surface area contributed by atoms with Crippen molar-refractivity contribution in [1.82, 2.24) is 4.98 Å². The Morgan fingerprint density at radius 2 is 1.73 bits per heavy atom. The zero-order valence-corrected chi connectivity index (χ0v) is 19.4. The summed E-state index contributed by atoms with van der Waals surface area (Å²) in [5.41, 5.74) is 3.37. The van der Waals surface area contributed by atoms with Crippen LogP contribution < -0.4 is 5.32 Å². The molecular formula is C26H16Cl2N2O2S. The minimum Gasteiger partial charge on any atom is -0.457 e. The van der Waals surface area contributed by atoms with E-state index in [1.54, 1.807) is 47.7 Å². The largest absolute Gasteiger partial charge is 0.457 e. The molecule has 0 atom stereocenters. The number of halogens is 2.